The molecule has 0 saturated carbocycles. The fourth-order valence-corrected chi connectivity index (χ4v) is 3.55. The summed E-state index contributed by atoms with van der Waals surface area (Å²) in [5, 5.41) is 3.06. The summed E-state index contributed by atoms with van der Waals surface area (Å²) in [6.07, 6.45) is 11.5. The number of furan rings is 1. The first-order valence-electron chi connectivity index (χ1n) is 7.37. The van der Waals surface area contributed by atoms with Gasteiger partial charge in [-0.05, 0) is 43.9 Å². The molecule has 2 aromatic heterocycles. The Labute approximate surface area is 128 Å². The molecular formula is C17H19NO2S. The van der Waals surface area contributed by atoms with E-state index in [9.17, 15) is 4.79 Å². The normalized spacial score (nSPS) is 17.8. The Kier molecular flexibility index (Phi) is 4.55. The molecule has 1 amide bonds. The molecule has 0 radical (unpaired) electrons. The van der Waals surface area contributed by atoms with Crippen LogP contribution in [0.2, 0.25) is 0 Å². The van der Waals surface area contributed by atoms with Gasteiger partial charge in [0.1, 0.15) is 0 Å². The van der Waals surface area contributed by atoms with Gasteiger partial charge < -0.3 is 9.73 Å². The van der Waals surface area contributed by atoms with Crippen LogP contribution in [-0.4, -0.2) is 12.5 Å². The molecule has 0 fully saturated rings. The van der Waals surface area contributed by atoms with Crippen molar-refractivity contribution in [3.05, 3.63) is 47.8 Å². The summed E-state index contributed by atoms with van der Waals surface area (Å²) in [5.74, 6) is 0.366. The molecule has 0 aliphatic heterocycles. The molecule has 0 unspecified atom stereocenters. The third kappa shape index (κ3) is 3.64. The Balaban J connectivity index is 1.47. The van der Waals surface area contributed by atoms with Crippen molar-refractivity contribution >= 4 is 17.2 Å². The molecule has 4 heteroatoms. The molecule has 3 nitrogen and oxygen atoms in total. The summed E-state index contributed by atoms with van der Waals surface area (Å²) in [6, 6.07) is 6.20. The Morgan fingerprint density at radius 3 is 3.05 bits per heavy atom. The van der Waals surface area contributed by atoms with Crippen LogP contribution in [0.1, 0.15) is 24.1 Å². The highest BCUT2D eigenvalue weighted by molar-refractivity contribution is 7.15. The molecule has 1 atom stereocenters. The number of thiophene rings is 1. The average Bonchev–Trinajstić information content (AvgIpc) is 3.19. The lowest BCUT2D eigenvalue weighted by atomic mass is 9.94. The van der Waals surface area contributed by atoms with Crippen molar-refractivity contribution in [2.45, 2.75) is 25.7 Å². The lowest BCUT2D eigenvalue weighted by Crippen LogP contribution is -2.32. The van der Waals surface area contributed by atoms with Crippen LogP contribution >= 0.6 is 11.3 Å². The number of rotatable bonds is 5. The molecule has 1 aliphatic carbocycles. The topological polar surface area (TPSA) is 42.2 Å². The number of carbonyl (C=O) groups is 1. The van der Waals surface area contributed by atoms with Crippen molar-refractivity contribution < 1.29 is 9.21 Å². The van der Waals surface area contributed by atoms with Crippen molar-refractivity contribution in [3.63, 3.8) is 0 Å². The van der Waals surface area contributed by atoms with E-state index in [0.29, 0.717) is 6.54 Å². The van der Waals surface area contributed by atoms with Crippen molar-refractivity contribution in [3.8, 4) is 10.4 Å². The van der Waals surface area contributed by atoms with Crippen molar-refractivity contribution in [1.82, 2.24) is 5.32 Å². The van der Waals surface area contributed by atoms with Gasteiger partial charge in [0.15, 0.2) is 0 Å². The molecule has 1 aliphatic rings. The highest BCUT2D eigenvalue weighted by atomic mass is 32.1. The van der Waals surface area contributed by atoms with Crippen LogP contribution in [0.4, 0.5) is 0 Å². The molecule has 2 aromatic rings. The van der Waals surface area contributed by atoms with E-state index < -0.39 is 0 Å². The molecule has 0 spiro atoms. The summed E-state index contributed by atoms with van der Waals surface area (Å²) in [4.78, 5) is 14.5. The SMILES string of the molecule is O=C(NCCc1ccc(-c2ccoc2)s1)[C@H]1CC=CCC1. The van der Waals surface area contributed by atoms with Crippen LogP contribution in [0.3, 0.4) is 0 Å². The van der Waals surface area contributed by atoms with Crippen LogP contribution in [0.25, 0.3) is 10.4 Å². The minimum absolute atomic E-state index is 0.167. The van der Waals surface area contributed by atoms with E-state index >= 15 is 0 Å². The first-order valence-corrected chi connectivity index (χ1v) is 8.18. The Hall–Kier alpha value is -1.81. The van der Waals surface area contributed by atoms with Crippen molar-refractivity contribution in [2.24, 2.45) is 5.92 Å². The molecule has 2 heterocycles. The number of hydrogen-bond donors (Lipinski definition) is 1. The fourth-order valence-electron chi connectivity index (χ4n) is 2.56. The summed E-state index contributed by atoms with van der Waals surface area (Å²) < 4.78 is 5.10. The molecule has 21 heavy (non-hydrogen) atoms. The quantitative estimate of drug-likeness (QED) is 0.847. The maximum Gasteiger partial charge on any atom is 0.223 e. The van der Waals surface area contributed by atoms with Crippen molar-refractivity contribution in [2.75, 3.05) is 6.54 Å². The van der Waals surface area contributed by atoms with Gasteiger partial charge in [0.2, 0.25) is 5.91 Å². The number of amides is 1. The van der Waals surface area contributed by atoms with Crippen molar-refractivity contribution in [1.29, 1.82) is 0 Å². The van der Waals surface area contributed by atoms with Gasteiger partial charge in [-0.1, -0.05) is 12.2 Å². The smallest absolute Gasteiger partial charge is 0.223 e. The van der Waals surface area contributed by atoms with Gasteiger partial charge in [-0.25, -0.2) is 0 Å². The minimum Gasteiger partial charge on any atom is -0.472 e. The molecule has 0 bridgehead atoms. The zero-order chi connectivity index (χ0) is 14.5. The van der Waals surface area contributed by atoms with Crippen LogP contribution in [-0.2, 0) is 11.2 Å². The van der Waals surface area contributed by atoms with Crippen LogP contribution in [0.5, 0.6) is 0 Å². The second-order valence-electron chi connectivity index (χ2n) is 5.30. The van der Waals surface area contributed by atoms with Gasteiger partial charge >= 0.3 is 0 Å². The first-order chi connectivity index (χ1) is 10.3. The van der Waals surface area contributed by atoms with E-state index in [1.807, 2.05) is 6.07 Å². The van der Waals surface area contributed by atoms with Crippen LogP contribution in [0.15, 0.2) is 47.3 Å². The van der Waals surface area contributed by atoms with E-state index in [4.69, 9.17) is 4.42 Å². The number of nitrogens with one attached hydrogen (secondary N) is 1. The van der Waals surface area contributed by atoms with Gasteiger partial charge in [-0.3, -0.25) is 4.79 Å². The molecule has 1 N–H and O–H groups in total. The first kappa shape index (κ1) is 14.1. The summed E-state index contributed by atoms with van der Waals surface area (Å²) in [6.45, 7) is 0.713. The molecule has 0 aromatic carbocycles. The van der Waals surface area contributed by atoms with Gasteiger partial charge in [-0.2, -0.15) is 0 Å². The van der Waals surface area contributed by atoms with Crippen LogP contribution in [0, 0.1) is 5.92 Å². The summed E-state index contributed by atoms with van der Waals surface area (Å²) in [7, 11) is 0. The maximum atomic E-state index is 12.0. The van der Waals surface area contributed by atoms with Crippen LogP contribution < -0.4 is 5.32 Å². The van der Waals surface area contributed by atoms with E-state index in [2.05, 4.69) is 29.6 Å². The van der Waals surface area contributed by atoms with Gasteiger partial charge in [0, 0.05) is 27.8 Å². The predicted octanol–water partition coefficient (Wildman–Crippen LogP) is 4.02. The Morgan fingerprint density at radius 1 is 1.33 bits per heavy atom. The second kappa shape index (κ2) is 6.76. The minimum atomic E-state index is 0.167. The third-order valence-electron chi connectivity index (χ3n) is 3.78. The standard InChI is InChI=1S/C17H19NO2S/c19-17(13-4-2-1-3-5-13)18-10-8-15-6-7-16(21-15)14-9-11-20-12-14/h1-2,6-7,9,11-13H,3-5,8,10H2,(H,18,19)/t13-/m0/s1. The van der Waals surface area contributed by atoms with Gasteiger partial charge in [0.05, 0.1) is 12.5 Å². The highest BCUT2D eigenvalue weighted by Gasteiger charge is 2.17. The Bertz CT molecular complexity index is 613. The van der Waals surface area contributed by atoms with Gasteiger partial charge in [0.25, 0.3) is 0 Å². The molecule has 0 saturated heterocycles. The summed E-state index contributed by atoms with van der Waals surface area (Å²) >= 11 is 1.76. The largest absolute Gasteiger partial charge is 0.472 e. The van der Waals surface area contributed by atoms with Gasteiger partial charge in [-0.15, -0.1) is 11.3 Å². The lowest BCUT2D eigenvalue weighted by Gasteiger charge is -2.16. The lowest BCUT2D eigenvalue weighted by molar-refractivity contribution is -0.125. The summed E-state index contributed by atoms with van der Waals surface area (Å²) in [5.41, 5.74) is 1.12. The monoisotopic (exact) mass is 301 g/mol. The van der Waals surface area contributed by atoms with E-state index in [1.54, 1.807) is 23.9 Å². The predicted molar refractivity (Wildman–Crippen MR) is 85.2 cm³/mol. The third-order valence-corrected chi connectivity index (χ3v) is 4.97. The molecule has 3 rings (SSSR count). The van der Waals surface area contributed by atoms with E-state index in [0.717, 1.165) is 31.2 Å². The molecular weight excluding hydrogens is 282 g/mol. The number of allylic oxidation sites excluding steroid dienone is 2. The zero-order valence-corrected chi connectivity index (χ0v) is 12.7. The van der Waals surface area contributed by atoms with E-state index in [-0.39, 0.29) is 11.8 Å². The Morgan fingerprint density at radius 2 is 2.29 bits per heavy atom. The second-order valence-corrected chi connectivity index (χ2v) is 6.47. The van der Waals surface area contributed by atoms with E-state index in [1.165, 1.54) is 9.75 Å². The fraction of sp³-hybridized carbons (Fsp3) is 0.353. The molecule has 110 valence electrons. The average molecular weight is 301 g/mol. The number of hydrogen-bond acceptors (Lipinski definition) is 3. The maximum absolute atomic E-state index is 12.0. The highest BCUT2D eigenvalue weighted by Crippen LogP contribution is 2.28. The number of carbonyl (C=O) groups excluding carboxylic acids is 1. The zero-order valence-electron chi connectivity index (χ0n) is 11.9.